The molecule has 150 valence electrons. The average Bonchev–Trinajstić information content (AvgIpc) is 2.96. The molecule has 1 aliphatic heterocycles. The number of rotatable bonds is 4. The van der Waals surface area contributed by atoms with E-state index in [-0.39, 0.29) is 17.0 Å². The molecule has 2 amide bonds. The molecule has 0 atom stereocenters. The van der Waals surface area contributed by atoms with Crippen LogP contribution in [0.5, 0.6) is 0 Å². The van der Waals surface area contributed by atoms with Crippen LogP contribution < -0.4 is 10.2 Å². The molecule has 0 bridgehead atoms. The van der Waals surface area contributed by atoms with Gasteiger partial charge in [0, 0.05) is 16.8 Å². The van der Waals surface area contributed by atoms with E-state index in [4.69, 9.17) is 11.6 Å². The molecule has 1 N–H and O–H groups in total. The first-order valence-corrected chi connectivity index (χ1v) is 9.09. The number of nitrogens with one attached hydrogen (secondary N) is 1. The van der Waals surface area contributed by atoms with Crippen LogP contribution in [0.1, 0.15) is 5.56 Å². The van der Waals surface area contributed by atoms with Crippen LogP contribution in [0.25, 0.3) is 5.57 Å². The van der Waals surface area contributed by atoms with E-state index in [0.717, 1.165) is 23.1 Å². The molecule has 30 heavy (non-hydrogen) atoms. The van der Waals surface area contributed by atoms with Gasteiger partial charge in [-0.3, -0.25) is 9.59 Å². The fraction of sp³-hybridized carbons (Fsp3) is 0. The summed E-state index contributed by atoms with van der Waals surface area (Å²) in [6.45, 7) is 0. The number of carbonyl (C=O) groups is 2. The molecule has 8 heteroatoms. The van der Waals surface area contributed by atoms with E-state index in [1.165, 1.54) is 24.3 Å². The SMILES string of the molecule is O=C1C(Nc2ccc(F)cc2)=C(c2ccc(Cl)cc2)C(=O)N1c1ccc(F)c(F)c1. The fourth-order valence-corrected chi connectivity index (χ4v) is 3.19. The zero-order valence-electron chi connectivity index (χ0n) is 15.1. The Bertz CT molecular complexity index is 1190. The molecule has 0 radical (unpaired) electrons. The largest absolute Gasteiger partial charge is 0.350 e. The van der Waals surface area contributed by atoms with Gasteiger partial charge in [0.15, 0.2) is 11.6 Å². The van der Waals surface area contributed by atoms with Crippen molar-refractivity contribution in [1.29, 1.82) is 0 Å². The van der Waals surface area contributed by atoms with Crippen molar-refractivity contribution in [2.75, 3.05) is 10.2 Å². The Morgan fingerprint density at radius 2 is 1.43 bits per heavy atom. The highest BCUT2D eigenvalue weighted by atomic mass is 35.5. The molecule has 4 nitrogen and oxygen atoms in total. The number of carbonyl (C=O) groups excluding carboxylic acids is 2. The van der Waals surface area contributed by atoms with Gasteiger partial charge in [-0.1, -0.05) is 23.7 Å². The maximum absolute atomic E-state index is 13.7. The third-order valence-corrected chi connectivity index (χ3v) is 4.74. The lowest BCUT2D eigenvalue weighted by molar-refractivity contribution is -0.120. The van der Waals surface area contributed by atoms with Crippen molar-refractivity contribution >= 4 is 40.4 Å². The molecule has 0 saturated heterocycles. The highest BCUT2D eigenvalue weighted by Crippen LogP contribution is 2.34. The molecule has 0 unspecified atom stereocenters. The van der Waals surface area contributed by atoms with E-state index in [9.17, 15) is 22.8 Å². The van der Waals surface area contributed by atoms with Gasteiger partial charge in [-0.25, -0.2) is 18.1 Å². The van der Waals surface area contributed by atoms with E-state index in [2.05, 4.69) is 5.32 Å². The predicted molar refractivity (Wildman–Crippen MR) is 107 cm³/mol. The zero-order chi connectivity index (χ0) is 21.4. The van der Waals surface area contributed by atoms with Crippen molar-refractivity contribution in [2.45, 2.75) is 0 Å². The van der Waals surface area contributed by atoms with E-state index < -0.39 is 29.3 Å². The van der Waals surface area contributed by atoms with Crippen LogP contribution in [-0.2, 0) is 9.59 Å². The normalized spacial score (nSPS) is 13.9. The Morgan fingerprint density at radius 1 is 0.767 bits per heavy atom. The molecule has 3 aromatic rings. The van der Waals surface area contributed by atoms with Crippen LogP contribution in [0.2, 0.25) is 5.02 Å². The van der Waals surface area contributed by atoms with Crippen LogP contribution in [0, 0.1) is 17.5 Å². The summed E-state index contributed by atoms with van der Waals surface area (Å²) >= 11 is 5.91. The Balaban J connectivity index is 1.82. The van der Waals surface area contributed by atoms with Crippen molar-refractivity contribution in [3.8, 4) is 0 Å². The van der Waals surface area contributed by atoms with Crippen molar-refractivity contribution in [2.24, 2.45) is 0 Å². The van der Waals surface area contributed by atoms with Crippen molar-refractivity contribution in [3.05, 3.63) is 100 Å². The van der Waals surface area contributed by atoms with Gasteiger partial charge < -0.3 is 5.32 Å². The van der Waals surface area contributed by atoms with E-state index >= 15 is 0 Å². The van der Waals surface area contributed by atoms with Gasteiger partial charge in [0.2, 0.25) is 0 Å². The van der Waals surface area contributed by atoms with Crippen LogP contribution in [-0.4, -0.2) is 11.8 Å². The van der Waals surface area contributed by atoms with Gasteiger partial charge >= 0.3 is 0 Å². The third-order valence-electron chi connectivity index (χ3n) is 4.49. The monoisotopic (exact) mass is 428 g/mol. The number of benzene rings is 3. The Morgan fingerprint density at radius 3 is 2.07 bits per heavy atom. The lowest BCUT2D eigenvalue weighted by atomic mass is 10.0. The number of imide groups is 1. The number of anilines is 2. The average molecular weight is 429 g/mol. The maximum Gasteiger partial charge on any atom is 0.282 e. The minimum atomic E-state index is -1.19. The number of hydrogen-bond acceptors (Lipinski definition) is 3. The lowest BCUT2D eigenvalue weighted by Crippen LogP contribution is -2.32. The fourth-order valence-electron chi connectivity index (χ4n) is 3.07. The minimum absolute atomic E-state index is 0.0192. The number of nitrogens with zero attached hydrogens (tertiary/aromatic N) is 1. The lowest BCUT2D eigenvalue weighted by Gasteiger charge is -2.15. The highest BCUT2D eigenvalue weighted by molar-refractivity contribution is 6.46. The van der Waals surface area contributed by atoms with Crippen molar-refractivity contribution < 1.29 is 22.8 Å². The summed E-state index contributed by atoms with van der Waals surface area (Å²) < 4.78 is 40.3. The molecule has 3 aromatic carbocycles. The summed E-state index contributed by atoms with van der Waals surface area (Å²) in [5.41, 5.74) is 0.578. The smallest absolute Gasteiger partial charge is 0.282 e. The standard InChI is InChI=1S/C22H12ClF3N2O2/c23-13-3-1-12(2-4-13)19-20(27-15-7-5-14(24)6-8-15)22(30)28(21(19)29)16-9-10-17(25)18(26)11-16/h1-11,27H. The summed E-state index contributed by atoms with van der Waals surface area (Å²) in [5.74, 6) is -4.25. The topological polar surface area (TPSA) is 49.4 Å². The molecular formula is C22H12ClF3N2O2. The molecule has 4 rings (SSSR count). The summed E-state index contributed by atoms with van der Waals surface area (Å²) in [6, 6.07) is 14.2. The quantitative estimate of drug-likeness (QED) is 0.584. The first-order chi connectivity index (χ1) is 14.3. The van der Waals surface area contributed by atoms with Crippen molar-refractivity contribution in [1.82, 2.24) is 0 Å². The van der Waals surface area contributed by atoms with Crippen LogP contribution in [0.3, 0.4) is 0 Å². The Labute approximate surface area is 174 Å². The zero-order valence-corrected chi connectivity index (χ0v) is 15.9. The predicted octanol–water partition coefficient (Wildman–Crippen LogP) is 5.15. The van der Waals surface area contributed by atoms with Crippen LogP contribution in [0.4, 0.5) is 24.5 Å². The molecule has 0 spiro atoms. The van der Waals surface area contributed by atoms with E-state index in [1.54, 1.807) is 24.3 Å². The number of amides is 2. The Kier molecular flexibility index (Phi) is 5.05. The van der Waals surface area contributed by atoms with E-state index in [0.29, 0.717) is 16.3 Å². The molecule has 0 aliphatic carbocycles. The van der Waals surface area contributed by atoms with Gasteiger partial charge in [0.1, 0.15) is 11.5 Å². The van der Waals surface area contributed by atoms with Gasteiger partial charge in [0.05, 0.1) is 11.3 Å². The third kappa shape index (κ3) is 3.55. The summed E-state index contributed by atoms with van der Waals surface area (Å²) in [5, 5.41) is 3.27. The molecule has 0 fully saturated rings. The Hall–Kier alpha value is -3.58. The number of halogens is 4. The summed E-state index contributed by atoms with van der Waals surface area (Å²) in [4.78, 5) is 27.0. The first kappa shape index (κ1) is 19.7. The summed E-state index contributed by atoms with van der Waals surface area (Å²) in [6.07, 6.45) is 0. The second kappa shape index (κ2) is 7.68. The number of hydrogen-bond donors (Lipinski definition) is 1. The molecule has 1 heterocycles. The maximum atomic E-state index is 13.7. The second-order valence-corrected chi connectivity index (χ2v) is 6.87. The van der Waals surface area contributed by atoms with Gasteiger partial charge in [0.25, 0.3) is 11.8 Å². The van der Waals surface area contributed by atoms with Gasteiger partial charge in [-0.05, 0) is 54.1 Å². The first-order valence-electron chi connectivity index (χ1n) is 8.72. The van der Waals surface area contributed by atoms with Crippen molar-refractivity contribution in [3.63, 3.8) is 0 Å². The molecule has 0 saturated carbocycles. The van der Waals surface area contributed by atoms with Gasteiger partial charge in [-0.15, -0.1) is 0 Å². The molecular weight excluding hydrogens is 417 g/mol. The molecule has 1 aliphatic rings. The minimum Gasteiger partial charge on any atom is -0.350 e. The second-order valence-electron chi connectivity index (χ2n) is 6.43. The molecule has 0 aromatic heterocycles. The van der Waals surface area contributed by atoms with Gasteiger partial charge in [-0.2, -0.15) is 0 Å². The summed E-state index contributed by atoms with van der Waals surface area (Å²) in [7, 11) is 0. The van der Waals surface area contributed by atoms with E-state index in [1.807, 2.05) is 0 Å². The highest BCUT2D eigenvalue weighted by Gasteiger charge is 2.40. The van der Waals surface area contributed by atoms with Crippen LogP contribution in [0.15, 0.2) is 72.4 Å². The van der Waals surface area contributed by atoms with Crippen LogP contribution >= 0.6 is 11.6 Å².